The molecule has 0 saturated heterocycles. The van der Waals surface area contributed by atoms with E-state index in [4.69, 9.17) is 16.0 Å². The highest BCUT2D eigenvalue weighted by Crippen LogP contribution is 2.26. The van der Waals surface area contributed by atoms with Crippen molar-refractivity contribution >= 4 is 44.8 Å². The number of sulfonamides is 1. The molecule has 0 unspecified atom stereocenters. The first-order valence-corrected chi connectivity index (χ1v) is 14.0. The first kappa shape index (κ1) is 29.7. The zero-order valence-electron chi connectivity index (χ0n) is 20.8. The number of nitrogens with one attached hydrogen (secondary N) is 4. The molecule has 16 heteroatoms. The molecule has 0 aliphatic rings. The number of carboxylic acids is 1. The van der Waals surface area contributed by atoms with Gasteiger partial charge in [-0.25, -0.2) is 13.2 Å². The summed E-state index contributed by atoms with van der Waals surface area (Å²) in [7, 11) is -4.21. The number of nitrogens with zero attached hydrogens (tertiary/aromatic N) is 1. The molecule has 0 saturated carbocycles. The second kappa shape index (κ2) is 13.3. The molecule has 0 bridgehead atoms. The van der Waals surface area contributed by atoms with Crippen LogP contribution < -0.4 is 32.1 Å². The lowest BCUT2D eigenvalue weighted by molar-refractivity contribution is -0.139. The molecule has 2 heterocycles. The molecule has 1 aromatic carbocycles. The van der Waals surface area contributed by atoms with Crippen molar-refractivity contribution in [3.05, 3.63) is 63.7 Å². The summed E-state index contributed by atoms with van der Waals surface area (Å²) in [6, 6.07) is 7.19. The lowest BCUT2D eigenvalue weighted by Crippen LogP contribution is -2.46. The van der Waals surface area contributed by atoms with E-state index >= 15 is 0 Å². The van der Waals surface area contributed by atoms with Gasteiger partial charge in [-0.15, -0.1) is 11.3 Å². The SMILES string of the molecule is Cc1cc(CNC(=O)c2cccc(S(=O)(=O)Nc3ccsc3C(=O)N[C@@H](CCCNC(N)N)C(=O)O)c2)no1. The number of aliphatic carboxylic acids is 1. The quantitative estimate of drug-likeness (QED) is 0.103. The number of aryl methyl sites for hydroxylation is 1. The number of hydrogen-bond acceptors (Lipinski definition) is 11. The van der Waals surface area contributed by atoms with Crippen molar-refractivity contribution in [1.29, 1.82) is 0 Å². The second-order valence-electron chi connectivity index (χ2n) is 8.39. The summed E-state index contributed by atoms with van der Waals surface area (Å²) in [5.74, 6) is -1.93. The number of nitrogens with two attached hydrogens (primary N) is 2. The van der Waals surface area contributed by atoms with Crippen LogP contribution in [-0.4, -0.2) is 55.3 Å². The van der Waals surface area contributed by atoms with Gasteiger partial charge in [-0.3, -0.25) is 19.6 Å². The van der Waals surface area contributed by atoms with Gasteiger partial charge < -0.3 is 31.7 Å². The van der Waals surface area contributed by atoms with E-state index in [0.717, 1.165) is 11.3 Å². The molecule has 1 atom stereocenters. The van der Waals surface area contributed by atoms with Crippen LogP contribution in [0.2, 0.25) is 0 Å². The summed E-state index contributed by atoms with van der Waals surface area (Å²) < 4.78 is 33.4. The van der Waals surface area contributed by atoms with Crippen LogP contribution in [0.1, 0.15) is 44.3 Å². The zero-order valence-corrected chi connectivity index (χ0v) is 22.5. The fraction of sp³-hybridized carbons (Fsp3) is 0.304. The van der Waals surface area contributed by atoms with Crippen LogP contribution >= 0.6 is 11.3 Å². The van der Waals surface area contributed by atoms with E-state index in [1.165, 1.54) is 35.7 Å². The third-order valence-electron chi connectivity index (χ3n) is 5.28. The maximum Gasteiger partial charge on any atom is 0.326 e. The fourth-order valence-electron chi connectivity index (χ4n) is 3.40. The number of carboxylic acid groups (broad SMARTS) is 1. The van der Waals surface area contributed by atoms with Crippen molar-refractivity contribution in [1.82, 2.24) is 21.1 Å². The highest BCUT2D eigenvalue weighted by Gasteiger charge is 2.25. The first-order valence-electron chi connectivity index (χ1n) is 11.7. The standard InChI is InChI=1S/C23H29N7O7S2/c1-13-10-15(29-37-13)12-27-20(31)14-4-2-5-16(11-14)39(35,36)30-17-7-9-38-19(17)21(32)28-18(22(33)34)6-3-8-26-23(24)25/h2,4-5,7,9-11,18,23,26,30H,3,6,8,12,24-25H2,1H3,(H,27,31)(H,28,32)(H,33,34)/t18-/m0/s1. The van der Waals surface area contributed by atoms with Crippen LogP contribution in [0.15, 0.2) is 51.2 Å². The molecule has 210 valence electrons. The van der Waals surface area contributed by atoms with Crippen molar-refractivity contribution < 1.29 is 32.4 Å². The van der Waals surface area contributed by atoms with Crippen molar-refractivity contribution in [3.63, 3.8) is 0 Å². The molecule has 39 heavy (non-hydrogen) atoms. The van der Waals surface area contributed by atoms with Gasteiger partial charge in [0.1, 0.15) is 28.7 Å². The van der Waals surface area contributed by atoms with Crippen molar-refractivity contribution in [3.8, 4) is 0 Å². The largest absolute Gasteiger partial charge is 0.480 e. The van der Waals surface area contributed by atoms with Gasteiger partial charge in [-0.2, -0.15) is 0 Å². The molecule has 2 amide bonds. The molecule has 0 radical (unpaired) electrons. The van der Waals surface area contributed by atoms with Gasteiger partial charge in [0.15, 0.2) is 0 Å². The maximum atomic E-state index is 13.1. The van der Waals surface area contributed by atoms with Gasteiger partial charge in [-0.05, 0) is 56.0 Å². The van der Waals surface area contributed by atoms with Gasteiger partial charge in [0.05, 0.1) is 17.1 Å². The van der Waals surface area contributed by atoms with E-state index in [0.29, 0.717) is 24.4 Å². The van der Waals surface area contributed by atoms with Gasteiger partial charge >= 0.3 is 5.97 Å². The van der Waals surface area contributed by atoms with Crippen LogP contribution in [0.3, 0.4) is 0 Å². The minimum Gasteiger partial charge on any atom is -0.480 e. The van der Waals surface area contributed by atoms with E-state index in [1.807, 2.05) is 0 Å². The molecular formula is C23H29N7O7S2. The molecule has 14 nitrogen and oxygen atoms in total. The number of benzene rings is 1. The number of carbonyl (C=O) groups excluding carboxylic acids is 2. The molecule has 3 rings (SSSR count). The Balaban J connectivity index is 1.67. The highest BCUT2D eigenvalue weighted by atomic mass is 32.2. The van der Waals surface area contributed by atoms with Gasteiger partial charge in [-0.1, -0.05) is 11.2 Å². The van der Waals surface area contributed by atoms with E-state index in [-0.39, 0.29) is 34.0 Å². The minimum atomic E-state index is -4.21. The molecule has 0 aliphatic carbocycles. The Morgan fingerprint density at radius 2 is 1.92 bits per heavy atom. The monoisotopic (exact) mass is 579 g/mol. The van der Waals surface area contributed by atoms with Crippen LogP contribution in [0.4, 0.5) is 5.69 Å². The van der Waals surface area contributed by atoms with Gasteiger partial charge in [0, 0.05) is 11.6 Å². The number of anilines is 1. The highest BCUT2D eigenvalue weighted by molar-refractivity contribution is 7.92. The molecular weight excluding hydrogens is 550 g/mol. The van der Waals surface area contributed by atoms with Crippen molar-refractivity contribution in [2.24, 2.45) is 11.5 Å². The van der Waals surface area contributed by atoms with Crippen LogP contribution in [0.5, 0.6) is 0 Å². The third-order valence-corrected chi connectivity index (χ3v) is 7.56. The van der Waals surface area contributed by atoms with Crippen LogP contribution in [0, 0.1) is 6.92 Å². The molecule has 2 aromatic heterocycles. The summed E-state index contributed by atoms with van der Waals surface area (Å²) in [5.41, 5.74) is 11.3. The lowest BCUT2D eigenvalue weighted by atomic mass is 10.1. The number of aromatic nitrogens is 1. The maximum absolute atomic E-state index is 13.1. The number of rotatable bonds is 14. The molecule has 0 spiro atoms. The number of amides is 2. The number of thiophene rings is 1. The lowest BCUT2D eigenvalue weighted by Gasteiger charge is -2.16. The van der Waals surface area contributed by atoms with E-state index in [1.54, 1.807) is 13.0 Å². The van der Waals surface area contributed by atoms with E-state index in [9.17, 15) is 27.9 Å². The minimum absolute atomic E-state index is 0.0243. The Labute approximate surface area is 228 Å². The van der Waals surface area contributed by atoms with Crippen molar-refractivity contribution in [2.45, 2.75) is 43.5 Å². The average molecular weight is 580 g/mol. The zero-order chi connectivity index (χ0) is 28.6. The molecule has 3 aromatic rings. The summed E-state index contributed by atoms with van der Waals surface area (Å²) in [4.78, 5) is 36.7. The number of hydrogen-bond donors (Lipinski definition) is 7. The average Bonchev–Trinajstić information content (AvgIpc) is 3.52. The topological polar surface area (TPSA) is 232 Å². The Morgan fingerprint density at radius 1 is 1.15 bits per heavy atom. The predicted octanol–water partition coefficient (Wildman–Crippen LogP) is 0.529. The smallest absolute Gasteiger partial charge is 0.326 e. The summed E-state index contributed by atoms with van der Waals surface area (Å²) in [6.07, 6.45) is -0.282. The second-order valence-corrected chi connectivity index (χ2v) is 11.0. The van der Waals surface area contributed by atoms with Gasteiger partial charge in [0.2, 0.25) is 0 Å². The Morgan fingerprint density at radius 3 is 2.59 bits per heavy atom. The van der Waals surface area contributed by atoms with Crippen LogP contribution in [0.25, 0.3) is 0 Å². The Kier molecular flexibility index (Phi) is 10.1. The predicted molar refractivity (Wildman–Crippen MR) is 142 cm³/mol. The van der Waals surface area contributed by atoms with Crippen molar-refractivity contribution in [2.75, 3.05) is 11.3 Å². The van der Waals surface area contributed by atoms with Crippen LogP contribution in [-0.2, 0) is 21.4 Å². The number of carbonyl (C=O) groups is 3. The Hall–Kier alpha value is -3.83. The summed E-state index contributed by atoms with van der Waals surface area (Å²) in [6.45, 7) is 2.15. The summed E-state index contributed by atoms with van der Waals surface area (Å²) >= 11 is 0.939. The third kappa shape index (κ3) is 8.59. The van der Waals surface area contributed by atoms with E-state index in [2.05, 4.69) is 25.8 Å². The van der Waals surface area contributed by atoms with E-state index < -0.39 is 40.1 Å². The first-order chi connectivity index (χ1) is 18.5. The Bertz CT molecular complexity index is 1420. The summed E-state index contributed by atoms with van der Waals surface area (Å²) in [5, 5.41) is 22.5. The fourth-order valence-corrected chi connectivity index (χ4v) is 5.34. The molecule has 0 fully saturated rings. The molecule has 0 aliphatic heterocycles. The normalized spacial score (nSPS) is 12.2. The van der Waals surface area contributed by atoms with Gasteiger partial charge in [0.25, 0.3) is 21.8 Å². The molecule has 9 N–H and O–H groups in total.